The summed E-state index contributed by atoms with van der Waals surface area (Å²) in [5.41, 5.74) is 9.25. The van der Waals surface area contributed by atoms with E-state index in [1.807, 2.05) is 32.0 Å². The zero-order valence-electron chi connectivity index (χ0n) is 12.2. The van der Waals surface area contributed by atoms with Crippen molar-refractivity contribution in [2.75, 3.05) is 0 Å². The van der Waals surface area contributed by atoms with Gasteiger partial charge in [-0.25, -0.2) is 4.79 Å². The molecule has 0 radical (unpaired) electrons. The van der Waals surface area contributed by atoms with Crippen molar-refractivity contribution in [3.05, 3.63) is 64.7 Å². The van der Waals surface area contributed by atoms with E-state index < -0.39 is 5.97 Å². The van der Waals surface area contributed by atoms with Crippen LogP contribution in [0.15, 0.2) is 42.5 Å². The third-order valence-corrected chi connectivity index (χ3v) is 3.25. The molecule has 3 N–H and O–H groups in total. The van der Waals surface area contributed by atoms with Gasteiger partial charge in [-0.05, 0) is 37.6 Å². The molecule has 0 amide bonds. The Hall–Kier alpha value is -2.33. The number of hydrogen-bond donors (Lipinski definition) is 2. The van der Waals surface area contributed by atoms with E-state index in [0.717, 1.165) is 22.4 Å². The number of rotatable bonds is 5. The highest BCUT2D eigenvalue weighted by Crippen LogP contribution is 2.25. The maximum atomic E-state index is 10.8. The summed E-state index contributed by atoms with van der Waals surface area (Å²) < 4.78 is 5.81. The number of benzene rings is 2. The molecule has 0 unspecified atom stereocenters. The average molecular weight is 285 g/mol. The highest BCUT2D eigenvalue weighted by Gasteiger charge is 2.09. The van der Waals surface area contributed by atoms with Crippen LogP contribution in [-0.2, 0) is 6.61 Å². The van der Waals surface area contributed by atoms with Gasteiger partial charge in [0.2, 0.25) is 0 Å². The molecule has 110 valence electrons. The van der Waals surface area contributed by atoms with Crippen LogP contribution in [0.3, 0.4) is 0 Å². The lowest BCUT2D eigenvalue weighted by molar-refractivity contribution is 0.0697. The third-order valence-electron chi connectivity index (χ3n) is 3.25. The highest BCUT2D eigenvalue weighted by atomic mass is 16.5. The summed E-state index contributed by atoms with van der Waals surface area (Å²) in [6, 6.07) is 12.5. The van der Waals surface area contributed by atoms with Crippen molar-refractivity contribution in [1.29, 1.82) is 0 Å². The summed E-state index contributed by atoms with van der Waals surface area (Å²) >= 11 is 0. The molecule has 0 spiro atoms. The van der Waals surface area contributed by atoms with Crippen molar-refractivity contribution < 1.29 is 14.6 Å². The molecular formula is C17H19NO3. The second-order valence-electron chi connectivity index (χ2n) is 5.12. The number of carboxylic acid groups (broad SMARTS) is 1. The molecule has 0 bridgehead atoms. The van der Waals surface area contributed by atoms with Gasteiger partial charge in [-0.2, -0.15) is 0 Å². The maximum absolute atomic E-state index is 10.8. The zero-order chi connectivity index (χ0) is 15.4. The van der Waals surface area contributed by atoms with Crippen LogP contribution in [0.25, 0.3) is 0 Å². The van der Waals surface area contributed by atoms with Gasteiger partial charge in [-0.15, -0.1) is 0 Å². The van der Waals surface area contributed by atoms with E-state index in [0.29, 0.717) is 6.61 Å². The van der Waals surface area contributed by atoms with Crippen molar-refractivity contribution >= 4 is 5.97 Å². The molecule has 0 aliphatic carbocycles. The van der Waals surface area contributed by atoms with E-state index >= 15 is 0 Å². The van der Waals surface area contributed by atoms with Crippen LogP contribution in [-0.4, -0.2) is 11.1 Å². The summed E-state index contributed by atoms with van der Waals surface area (Å²) in [5.74, 6) is -0.168. The molecule has 0 aliphatic rings. The summed E-state index contributed by atoms with van der Waals surface area (Å²) in [7, 11) is 0. The van der Waals surface area contributed by atoms with Gasteiger partial charge in [-0.3, -0.25) is 0 Å². The number of aryl methyl sites for hydroxylation is 1. The van der Waals surface area contributed by atoms with Crippen LogP contribution in [0.4, 0.5) is 0 Å². The number of aromatic carboxylic acids is 1. The molecule has 0 heterocycles. The van der Waals surface area contributed by atoms with Crippen LogP contribution in [0.1, 0.15) is 40.0 Å². The predicted molar refractivity (Wildman–Crippen MR) is 81.5 cm³/mol. The molecule has 4 heteroatoms. The predicted octanol–water partition coefficient (Wildman–Crippen LogP) is 3.29. The number of carboxylic acids is 1. The molecule has 21 heavy (non-hydrogen) atoms. The number of ether oxygens (including phenoxy) is 1. The van der Waals surface area contributed by atoms with Gasteiger partial charge in [-0.1, -0.05) is 29.8 Å². The lowest BCUT2D eigenvalue weighted by Gasteiger charge is -2.15. The summed E-state index contributed by atoms with van der Waals surface area (Å²) in [5, 5.41) is 8.86. The first kappa shape index (κ1) is 15.1. The molecule has 0 aromatic heterocycles. The molecule has 0 saturated carbocycles. The Kier molecular flexibility index (Phi) is 4.60. The van der Waals surface area contributed by atoms with Crippen molar-refractivity contribution in [2.45, 2.75) is 26.5 Å². The first-order valence-corrected chi connectivity index (χ1v) is 6.78. The number of nitrogens with two attached hydrogens (primary N) is 1. The summed E-state index contributed by atoms with van der Waals surface area (Å²) in [6.45, 7) is 4.31. The van der Waals surface area contributed by atoms with Gasteiger partial charge in [0.05, 0.1) is 5.56 Å². The van der Waals surface area contributed by atoms with Gasteiger partial charge < -0.3 is 15.6 Å². The first-order valence-electron chi connectivity index (χ1n) is 6.78. The minimum Gasteiger partial charge on any atom is -0.489 e. The normalized spacial score (nSPS) is 12.0. The van der Waals surface area contributed by atoms with Crippen LogP contribution in [0, 0.1) is 6.92 Å². The second-order valence-corrected chi connectivity index (χ2v) is 5.12. The molecule has 4 nitrogen and oxygen atoms in total. The lowest BCUT2D eigenvalue weighted by atomic mass is 10.1. The van der Waals surface area contributed by atoms with E-state index in [1.54, 1.807) is 24.3 Å². The highest BCUT2D eigenvalue weighted by molar-refractivity contribution is 5.87. The van der Waals surface area contributed by atoms with E-state index in [4.69, 9.17) is 15.6 Å². The molecule has 2 aromatic carbocycles. The molecule has 0 saturated heterocycles. The van der Waals surface area contributed by atoms with Crippen LogP contribution in [0.5, 0.6) is 5.75 Å². The minimum absolute atomic E-state index is 0.103. The third kappa shape index (κ3) is 3.83. The van der Waals surface area contributed by atoms with Gasteiger partial charge >= 0.3 is 5.97 Å². The maximum Gasteiger partial charge on any atom is 0.335 e. The average Bonchev–Trinajstić information content (AvgIpc) is 2.46. The van der Waals surface area contributed by atoms with Crippen molar-refractivity contribution in [2.24, 2.45) is 5.73 Å². The molecule has 0 aliphatic heterocycles. The zero-order valence-corrected chi connectivity index (χ0v) is 12.2. The van der Waals surface area contributed by atoms with E-state index in [2.05, 4.69) is 0 Å². The fourth-order valence-corrected chi connectivity index (χ4v) is 2.06. The molecular weight excluding hydrogens is 266 g/mol. The number of carbonyl (C=O) groups is 1. The second kappa shape index (κ2) is 6.41. The topological polar surface area (TPSA) is 72.5 Å². The standard InChI is InChI=1S/C17H19NO3/c1-11-3-8-16(15(9-11)12(2)18)21-10-13-4-6-14(7-5-13)17(19)20/h3-9,12H,10,18H2,1-2H3,(H,19,20)/t12-/m1/s1. The Balaban J connectivity index is 2.11. The fourth-order valence-electron chi connectivity index (χ4n) is 2.06. The monoisotopic (exact) mass is 285 g/mol. The molecule has 1 atom stereocenters. The van der Waals surface area contributed by atoms with Gasteiger partial charge in [0.15, 0.2) is 0 Å². The van der Waals surface area contributed by atoms with Crippen molar-refractivity contribution in [3.63, 3.8) is 0 Å². The summed E-state index contributed by atoms with van der Waals surface area (Å²) in [4.78, 5) is 10.8. The Morgan fingerprint density at radius 2 is 1.90 bits per heavy atom. The smallest absolute Gasteiger partial charge is 0.335 e. The van der Waals surface area contributed by atoms with Crippen LogP contribution < -0.4 is 10.5 Å². The van der Waals surface area contributed by atoms with Crippen LogP contribution >= 0.6 is 0 Å². The van der Waals surface area contributed by atoms with Gasteiger partial charge in [0.1, 0.15) is 12.4 Å². The van der Waals surface area contributed by atoms with Gasteiger partial charge in [0, 0.05) is 11.6 Å². The fraction of sp³-hybridized carbons (Fsp3) is 0.235. The minimum atomic E-state index is -0.930. The Bertz CT molecular complexity index is 633. The largest absolute Gasteiger partial charge is 0.489 e. The quantitative estimate of drug-likeness (QED) is 0.884. The molecule has 0 fully saturated rings. The Labute approximate surface area is 124 Å². The van der Waals surface area contributed by atoms with Gasteiger partial charge in [0.25, 0.3) is 0 Å². The molecule has 2 aromatic rings. The lowest BCUT2D eigenvalue weighted by Crippen LogP contribution is -2.08. The van der Waals surface area contributed by atoms with E-state index in [1.165, 1.54) is 0 Å². The van der Waals surface area contributed by atoms with Crippen molar-refractivity contribution in [1.82, 2.24) is 0 Å². The van der Waals surface area contributed by atoms with Crippen LogP contribution in [0.2, 0.25) is 0 Å². The first-order chi connectivity index (χ1) is 9.97. The Morgan fingerprint density at radius 1 is 1.24 bits per heavy atom. The summed E-state index contributed by atoms with van der Waals surface area (Å²) in [6.07, 6.45) is 0. The number of hydrogen-bond acceptors (Lipinski definition) is 3. The van der Waals surface area contributed by atoms with Crippen molar-refractivity contribution in [3.8, 4) is 5.75 Å². The Morgan fingerprint density at radius 3 is 2.48 bits per heavy atom. The van der Waals surface area contributed by atoms with E-state index in [9.17, 15) is 4.79 Å². The SMILES string of the molecule is Cc1ccc(OCc2ccc(C(=O)O)cc2)c([C@@H](C)N)c1. The van der Waals surface area contributed by atoms with E-state index in [-0.39, 0.29) is 11.6 Å². The molecule has 2 rings (SSSR count).